The fourth-order valence-electron chi connectivity index (χ4n) is 4.00. The second-order valence-electron chi connectivity index (χ2n) is 8.26. The number of benzene rings is 1. The van der Waals surface area contributed by atoms with E-state index in [4.69, 9.17) is 23.2 Å². The molecule has 0 radical (unpaired) electrons. The molecule has 1 aliphatic heterocycles. The van der Waals surface area contributed by atoms with Gasteiger partial charge in [-0.05, 0) is 12.1 Å². The van der Waals surface area contributed by atoms with Crippen molar-refractivity contribution in [3.05, 3.63) is 60.1 Å². The average Bonchev–Trinajstić information content (AvgIpc) is 3.54. The molecule has 0 saturated carbocycles. The van der Waals surface area contributed by atoms with Crippen LogP contribution in [0.5, 0.6) is 0 Å². The van der Waals surface area contributed by atoms with Crippen LogP contribution in [0.15, 0.2) is 57.7 Å². The summed E-state index contributed by atoms with van der Waals surface area (Å²) in [7, 11) is 1.68. The summed E-state index contributed by atoms with van der Waals surface area (Å²) in [5, 5.41) is 15.1. The van der Waals surface area contributed by atoms with Gasteiger partial charge in [-0.2, -0.15) is 0 Å². The number of nitrogens with zero attached hydrogens (tertiary/aromatic N) is 3. The molecular weight excluding hydrogens is 438 g/mol. The Morgan fingerprint density at radius 1 is 1.15 bits per heavy atom. The van der Waals surface area contributed by atoms with Crippen LogP contribution in [0.2, 0.25) is 0 Å². The smallest absolute Gasteiger partial charge is 0.232 e. The van der Waals surface area contributed by atoms with Crippen molar-refractivity contribution >= 4 is 5.88 Å². The van der Waals surface area contributed by atoms with Gasteiger partial charge in [0, 0.05) is 45.4 Å². The number of aromatic nitrogens is 1. The molecule has 9 nitrogen and oxygen atoms in total. The summed E-state index contributed by atoms with van der Waals surface area (Å²) in [5.74, 6) is 1.49. The van der Waals surface area contributed by atoms with Gasteiger partial charge in [0.15, 0.2) is 0 Å². The van der Waals surface area contributed by atoms with Gasteiger partial charge in [0.05, 0.1) is 44.4 Å². The van der Waals surface area contributed by atoms with Crippen LogP contribution in [0.25, 0.3) is 11.3 Å². The third kappa shape index (κ3) is 6.68. The van der Waals surface area contributed by atoms with Gasteiger partial charge in [0.2, 0.25) is 5.88 Å². The highest BCUT2D eigenvalue weighted by atomic mass is 16.5. The van der Waals surface area contributed by atoms with E-state index in [1.807, 2.05) is 42.5 Å². The van der Waals surface area contributed by atoms with Crippen molar-refractivity contribution < 1.29 is 28.3 Å². The molecule has 0 amide bonds. The van der Waals surface area contributed by atoms with E-state index in [1.165, 1.54) is 0 Å². The van der Waals surface area contributed by atoms with E-state index in [-0.39, 0.29) is 6.61 Å². The molecule has 0 aliphatic carbocycles. The monoisotopic (exact) mass is 471 g/mol. The number of ether oxygens (including phenoxy) is 3. The molecule has 1 atom stereocenters. The molecule has 1 unspecified atom stereocenters. The Morgan fingerprint density at radius 2 is 1.97 bits per heavy atom. The minimum Gasteiger partial charge on any atom is -0.467 e. The Balaban J connectivity index is 1.49. The van der Waals surface area contributed by atoms with E-state index in [0.29, 0.717) is 46.1 Å². The zero-order valence-corrected chi connectivity index (χ0v) is 19.6. The Labute approximate surface area is 199 Å². The van der Waals surface area contributed by atoms with Crippen LogP contribution in [0.3, 0.4) is 0 Å². The van der Waals surface area contributed by atoms with Crippen LogP contribution >= 0.6 is 0 Å². The molecule has 1 aromatic carbocycles. The number of methoxy groups -OCH3 is 1. The van der Waals surface area contributed by atoms with Gasteiger partial charge in [0.25, 0.3) is 0 Å². The molecule has 2 aromatic heterocycles. The van der Waals surface area contributed by atoms with Gasteiger partial charge >= 0.3 is 0 Å². The molecule has 34 heavy (non-hydrogen) atoms. The van der Waals surface area contributed by atoms with Gasteiger partial charge in [-0.25, -0.2) is 0 Å². The number of furan rings is 1. The van der Waals surface area contributed by atoms with Crippen molar-refractivity contribution in [2.75, 3.05) is 64.6 Å². The summed E-state index contributed by atoms with van der Waals surface area (Å²) in [6.07, 6.45) is 0.940. The first-order valence-electron chi connectivity index (χ1n) is 11.6. The first-order valence-corrected chi connectivity index (χ1v) is 11.6. The highest BCUT2D eigenvalue weighted by Gasteiger charge is 2.26. The predicted molar refractivity (Wildman–Crippen MR) is 126 cm³/mol. The van der Waals surface area contributed by atoms with Crippen molar-refractivity contribution in [1.29, 1.82) is 0 Å². The van der Waals surface area contributed by atoms with Gasteiger partial charge in [-0.1, -0.05) is 35.5 Å². The Hall–Kier alpha value is -2.69. The maximum absolute atomic E-state index is 10.7. The van der Waals surface area contributed by atoms with Crippen LogP contribution in [0.4, 0.5) is 5.88 Å². The summed E-state index contributed by atoms with van der Waals surface area (Å²) in [6.45, 7) is 5.49. The van der Waals surface area contributed by atoms with E-state index in [0.717, 1.165) is 41.6 Å². The highest BCUT2D eigenvalue weighted by Crippen LogP contribution is 2.33. The van der Waals surface area contributed by atoms with E-state index in [9.17, 15) is 5.11 Å². The first kappa shape index (κ1) is 24.4. The number of aliphatic hydroxyl groups excluding tert-OH is 1. The van der Waals surface area contributed by atoms with Crippen molar-refractivity contribution in [2.45, 2.75) is 19.3 Å². The summed E-state index contributed by atoms with van der Waals surface area (Å²) in [6, 6.07) is 13.7. The Morgan fingerprint density at radius 3 is 2.71 bits per heavy atom. The molecule has 184 valence electrons. The molecule has 9 heteroatoms. The zero-order chi connectivity index (χ0) is 23.6. The third-order valence-corrected chi connectivity index (χ3v) is 5.71. The predicted octanol–water partition coefficient (Wildman–Crippen LogP) is 2.80. The van der Waals surface area contributed by atoms with Crippen LogP contribution < -0.4 is 4.90 Å². The van der Waals surface area contributed by atoms with Gasteiger partial charge < -0.3 is 33.2 Å². The fourth-order valence-corrected chi connectivity index (χ4v) is 4.00. The summed E-state index contributed by atoms with van der Waals surface area (Å²) < 4.78 is 27.6. The topological polar surface area (TPSA) is 93.6 Å². The normalized spacial score (nSPS) is 15.2. The van der Waals surface area contributed by atoms with Crippen molar-refractivity contribution in [1.82, 2.24) is 10.1 Å². The Bertz CT molecular complexity index is 956. The molecule has 3 aromatic rings. The lowest BCUT2D eigenvalue weighted by Gasteiger charge is -2.29. The fraction of sp³-hybridized carbons (Fsp3) is 0.480. The second-order valence-corrected chi connectivity index (χ2v) is 8.26. The maximum Gasteiger partial charge on any atom is 0.232 e. The van der Waals surface area contributed by atoms with Crippen LogP contribution in [0.1, 0.15) is 11.3 Å². The van der Waals surface area contributed by atoms with E-state index in [2.05, 4.69) is 15.0 Å². The number of anilines is 1. The van der Waals surface area contributed by atoms with Gasteiger partial charge in [-0.15, -0.1) is 0 Å². The second kappa shape index (κ2) is 12.7. The lowest BCUT2D eigenvalue weighted by Crippen LogP contribution is -2.39. The number of rotatable bonds is 13. The van der Waals surface area contributed by atoms with Gasteiger partial charge in [0.1, 0.15) is 18.1 Å². The van der Waals surface area contributed by atoms with Crippen LogP contribution in [-0.4, -0.2) is 81.0 Å². The zero-order valence-electron chi connectivity index (χ0n) is 19.6. The number of hydrogen-bond acceptors (Lipinski definition) is 9. The molecule has 0 spiro atoms. The average molecular weight is 472 g/mol. The highest BCUT2D eigenvalue weighted by molar-refractivity contribution is 5.68. The standard InChI is InChI=1S/C25H33N3O6/c1-30-13-9-27(16-21(29)18-32-19-22-8-5-12-33-22)17-23-24(20-6-3-2-4-7-20)26-34-25(23)28-10-14-31-15-11-28/h2-8,12,21,29H,9-11,13-19H2,1H3. The molecule has 1 saturated heterocycles. The lowest BCUT2D eigenvalue weighted by atomic mass is 10.1. The number of morpholine rings is 1. The third-order valence-electron chi connectivity index (χ3n) is 5.71. The SMILES string of the molecule is COCCN(Cc1c(-c2ccccc2)noc1N1CCOCC1)CC(O)COCc1ccco1. The number of hydrogen-bond donors (Lipinski definition) is 1. The van der Waals surface area contributed by atoms with E-state index in [1.54, 1.807) is 13.4 Å². The molecule has 1 fully saturated rings. The molecular formula is C25H33N3O6. The maximum atomic E-state index is 10.7. The first-order chi connectivity index (χ1) is 16.7. The van der Waals surface area contributed by atoms with Crippen molar-refractivity contribution in [3.63, 3.8) is 0 Å². The molecule has 1 N–H and O–H groups in total. The minimum absolute atomic E-state index is 0.204. The summed E-state index contributed by atoms with van der Waals surface area (Å²) in [4.78, 5) is 4.32. The molecule has 4 rings (SSSR count). The van der Waals surface area contributed by atoms with Crippen molar-refractivity contribution in [3.8, 4) is 11.3 Å². The van der Waals surface area contributed by atoms with Crippen molar-refractivity contribution in [2.24, 2.45) is 0 Å². The van der Waals surface area contributed by atoms with Crippen LogP contribution in [0, 0.1) is 0 Å². The van der Waals surface area contributed by atoms with E-state index >= 15 is 0 Å². The van der Waals surface area contributed by atoms with E-state index < -0.39 is 6.10 Å². The molecule has 3 heterocycles. The molecule has 1 aliphatic rings. The summed E-state index contributed by atoms with van der Waals surface area (Å²) >= 11 is 0. The number of aliphatic hydroxyl groups is 1. The Kier molecular flexibility index (Phi) is 9.12. The quantitative estimate of drug-likeness (QED) is 0.404. The largest absolute Gasteiger partial charge is 0.467 e. The van der Waals surface area contributed by atoms with Crippen LogP contribution in [-0.2, 0) is 27.4 Å². The van der Waals surface area contributed by atoms with Gasteiger partial charge in [-0.3, -0.25) is 4.90 Å². The minimum atomic E-state index is -0.668. The molecule has 0 bridgehead atoms. The lowest BCUT2D eigenvalue weighted by molar-refractivity contribution is 0.000494. The summed E-state index contributed by atoms with van der Waals surface area (Å²) in [5.41, 5.74) is 2.80.